The molecule has 0 amide bonds. The maximum atomic E-state index is 5.14. The Morgan fingerprint density at radius 3 is 2.26 bits per heavy atom. The average Bonchev–Trinajstić information content (AvgIpc) is 2.97. The van der Waals surface area contributed by atoms with Crippen LogP contribution in [0.3, 0.4) is 0 Å². The highest BCUT2D eigenvalue weighted by Gasteiger charge is 2.18. The third kappa shape index (κ3) is 3.52. The van der Waals surface area contributed by atoms with E-state index in [1.807, 2.05) is 0 Å². The van der Waals surface area contributed by atoms with Crippen molar-refractivity contribution in [2.24, 2.45) is 0 Å². The molecule has 3 nitrogen and oxygen atoms in total. The van der Waals surface area contributed by atoms with Gasteiger partial charge in [0, 0.05) is 29.2 Å². The van der Waals surface area contributed by atoms with E-state index < -0.39 is 0 Å². The van der Waals surface area contributed by atoms with Gasteiger partial charge >= 0.3 is 0 Å². The fraction of sp³-hybridized carbons (Fsp3) is 0.500. The van der Waals surface area contributed by atoms with Crippen molar-refractivity contribution in [3.8, 4) is 11.3 Å². The summed E-state index contributed by atoms with van der Waals surface area (Å²) in [4.78, 5) is 10.1. The van der Waals surface area contributed by atoms with Crippen molar-refractivity contribution in [1.29, 1.82) is 0 Å². The SMILES string of the molecule is CCc1nc(C(C)C)ccc1-c1nc2c(C)cn(C(CC)CC)c2cc1C. The van der Waals surface area contributed by atoms with Crippen LogP contribution in [0.25, 0.3) is 22.3 Å². The highest BCUT2D eigenvalue weighted by atomic mass is 15.0. The van der Waals surface area contributed by atoms with Gasteiger partial charge in [0.2, 0.25) is 0 Å². The van der Waals surface area contributed by atoms with Gasteiger partial charge in [-0.3, -0.25) is 4.98 Å². The van der Waals surface area contributed by atoms with Crippen LogP contribution in [0.1, 0.15) is 81.9 Å². The zero-order valence-corrected chi connectivity index (χ0v) is 17.9. The zero-order chi connectivity index (χ0) is 19.7. The monoisotopic (exact) mass is 363 g/mol. The number of nitrogens with zero attached hydrogens (tertiary/aromatic N) is 3. The molecule has 3 heterocycles. The first-order valence-electron chi connectivity index (χ1n) is 10.4. The zero-order valence-electron chi connectivity index (χ0n) is 17.9. The standard InChI is InChI=1S/C24H33N3/c1-8-18(9-2)27-14-17(7)24-22(27)13-16(6)23(26-24)19-11-12-21(15(4)5)25-20(19)10-3/h11-15,18H,8-10H2,1-7H3. The Balaban J connectivity index is 2.20. The maximum absolute atomic E-state index is 5.14. The van der Waals surface area contributed by atoms with Crippen LogP contribution in [-0.2, 0) is 6.42 Å². The molecule has 0 bridgehead atoms. The van der Waals surface area contributed by atoms with Gasteiger partial charge in [-0.25, -0.2) is 4.98 Å². The Hall–Kier alpha value is -2.16. The van der Waals surface area contributed by atoms with Crippen LogP contribution >= 0.6 is 0 Å². The van der Waals surface area contributed by atoms with Crippen LogP contribution < -0.4 is 0 Å². The van der Waals surface area contributed by atoms with E-state index in [-0.39, 0.29) is 0 Å². The van der Waals surface area contributed by atoms with Gasteiger partial charge in [-0.2, -0.15) is 0 Å². The van der Waals surface area contributed by atoms with Crippen molar-refractivity contribution < 1.29 is 0 Å². The molecule has 3 aromatic heterocycles. The van der Waals surface area contributed by atoms with E-state index >= 15 is 0 Å². The van der Waals surface area contributed by atoms with E-state index in [1.165, 1.54) is 22.2 Å². The Morgan fingerprint density at radius 2 is 1.67 bits per heavy atom. The fourth-order valence-electron chi connectivity index (χ4n) is 4.01. The first-order chi connectivity index (χ1) is 12.9. The van der Waals surface area contributed by atoms with Crippen molar-refractivity contribution in [3.05, 3.63) is 46.9 Å². The largest absolute Gasteiger partial charge is 0.343 e. The summed E-state index contributed by atoms with van der Waals surface area (Å²) in [6.07, 6.45) is 5.48. The molecule has 0 unspecified atom stereocenters. The third-order valence-electron chi connectivity index (χ3n) is 5.69. The van der Waals surface area contributed by atoms with Crippen molar-refractivity contribution in [1.82, 2.24) is 14.5 Å². The van der Waals surface area contributed by atoms with Gasteiger partial charge in [-0.05, 0) is 68.4 Å². The lowest BCUT2D eigenvalue weighted by Gasteiger charge is -2.17. The molecule has 3 rings (SSSR count). The molecule has 0 aliphatic rings. The summed E-state index contributed by atoms with van der Waals surface area (Å²) in [7, 11) is 0. The molecule has 0 spiro atoms. The van der Waals surface area contributed by atoms with Gasteiger partial charge < -0.3 is 4.57 Å². The molecule has 0 saturated heterocycles. The second kappa shape index (κ2) is 7.84. The van der Waals surface area contributed by atoms with E-state index in [4.69, 9.17) is 9.97 Å². The van der Waals surface area contributed by atoms with E-state index in [0.29, 0.717) is 12.0 Å². The number of hydrogen-bond donors (Lipinski definition) is 0. The minimum absolute atomic E-state index is 0.442. The molecule has 3 heteroatoms. The average molecular weight is 364 g/mol. The number of aromatic nitrogens is 3. The Morgan fingerprint density at radius 1 is 0.963 bits per heavy atom. The topological polar surface area (TPSA) is 30.7 Å². The van der Waals surface area contributed by atoms with Gasteiger partial charge in [-0.1, -0.05) is 34.6 Å². The van der Waals surface area contributed by atoms with Gasteiger partial charge in [-0.15, -0.1) is 0 Å². The molecular weight excluding hydrogens is 330 g/mol. The highest BCUT2D eigenvalue weighted by molar-refractivity contribution is 5.84. The van der Waals surface area contributed by atoms with E-state index in [1.54, 1.807) is 0 Å². The van der Waals surface area contributed by atoms with E-state index in [9.17, 15) is 0 Å². The number of pyridine rings is 2. The Labute approximate surface area is 163 Å². The molecule has 0 N–H and O–H groups in total. The summed E-state index contributed by atoms with van der Waals surface area (Å²) >= 11 is 0. The van der Waals surface area contributed by atoms with Crippen molar-refractivity contribution in [2.75, 3.05) is 0 Å². The quantitative estimate of drug-likeness (QED) is 0.484. The maximum Gasteiger partial charge on any atom is 0.0917 e. The predicted octanol–water partition coefficient (Wildman–Crippen LogP) is 6.76. The molecule has 27 heavy (non-hydrogen) atoms. The number of hydrogen-bond acceptors (Lipinski definition) is 2. The molecule has 0 atom stereocenters. The number of rotatable bonds is 6. The molecule has 0 aliphatic heterocycles. The predicted molar refractivity (Wildman–Crippen MR) is 116 cm³/mol. The molecule has 0 aliphatic carbocycles. The lowest BCUT2D eigenvalue weighted by Crippen LogP contribution is -2.06. The van der Waals surface area contributed by atoms with Gasteiger partial charge in [0.25, 0.3) is 0 Å². The van der Waals surface area contributed by atoms with Gasteiger partial charge in [0.15, 0.2) is 0 Å². The summed E-state index contributed by atoms with van der Waals surface area (Å²) in [6.45, 7) is 15.4. The first-order valence-corrected chi connectivity index (χ1v) is 10.4. The molecule has 0 aromatic carbocycles. The van der Waals surface area contributed by atoms with Crippen molar-refractivity contribution >= 4 is 11.0 Å². The lowest BCUT2D eigenvalue weighted by molar-refractivity contribution is 0.485. The molecule has 3 aromatic rings. The Bertz CT molecular complexity index is 946. The molecule has 144 valence electrons. The van der Waals surface area contributed by atoms with Gasteiger partial charge in [0.1, 0.15) is 0 Å². The first kappa shape index (κ1) is 19.6. The molecule has 0 radical (unpaired) electrons. The van der Waals surface area contributed by atoms with Crippen molar-refractivity contribution in [3.63, 3.8) is 0 Å². The Kier molecular flexibility index (Phi) is 5.69. The minimum Gasteiger partial charge on any atom is -0.343 e. The van der Waals surface area contributed by atoms with Crippen LogP contribution in [0.5, 0.6) is 0 Å². The van der Waals surface area contributed by atoms with Crippen LogP contribution in [0.2, 0.25) is 0 Å². The number of aryl methyl sites for hydroxylation is 3. The van der Waals surface area contributed by atoms with Crippen molar-refractivity contribution in [2.45, 2.75) is 79.7 Å². The molecular formula is C24H33N3. The summed E-state index contributed by atoms with van der Waals surface area (Å²) in [5.41, 5.74) is 9.41. The lowest BCUT2D eigenvalue weighted by atomic mass is 10.0. The van der Waals surface area contributed by atoms with Crippen LogP contribution in [0.15, 0.2) is 24.4 Å². The summed E-state index contributed by atoms with van der Waals surface area (Å²) in [6, 6.07) is 7.23. The van der Waals surface area contributed by atoms with Gasteiger partial charge in [0.05, 0.1) is 16.7 Å². The molecule has 0 saturated carbocycles. The third-order valence-corrected chi connectivity index (χ3v) is 5.69. The fourth-order valence-corrected chi connectivity index (χ4v) is 4.01. The van der Waals surface area contributed by atoms with Crippen LogP contribution in [0, 0.1) is 13.8 Å². The summed E-state index contributed by atoms with van der Waals surface area (Å²) in [5.74, 6) is 0.442. The number of fused-ring (bicyclic) bond motifs is 1. The minimum atomic E-state index is 0.442. The summed E-state index contributed by atoms with van der Waals surface area (Å²) in [5, 5.41) is 0. The smallest absolute Gasteiger partial charge is 0.0917 e. The highest BCUT2D eigenvalue weighted by Crippen LogP contribution is 2.32. The second-order valence-electron chi connectivity index (χ2n) is 7.95. The summed E-state index contributed by atoms with van der Waals surface area (Å²) < 4.78 is 2.43. The van der Waals surface area contributed by atoms with E-state index in [0.717, 1.165) is 41.9 Å². The van der Waals surface area contributed by atoms with Crippen LogP contribution in [0.4, 0.5) is 0 Å². The normalized spacial score (nSPS) is 11.9. The second-order valence-corrected chi connectivity index (χ2v) is 7.95. The van der Waals surface area contributed by atoms with E-state index in [2.05, 4.69) is 77.4 Å². The molecule has 0 fully saturated rings. The van der Waals surface area contributed by atoms with Crippen LogP contribution in [-0.4, -0.2) is 14.5 Å².